The molecule has 1 rings (SSSR count). The summed E-state index contributed by atoms with van der Waals surface area (Å²) in [5, 5.41) is 8.91. The van der Waals surface area contributed by atoms with Gasteiger partial charge in [-0.05, 0) is 39.7 Å². The number of hydrogen-bond acceptors (Lipinski definition) is 3. The topological polar surface area (TPSA) is 70.2 Å². The van der Waals surface area contributed by atoms with Crippen molar-refractivity contribution in [3.05, 3.63) is 0 Å². The molecule has 5 heteroatoms. The number of amides is 2. The van der Waals surface area contributed by atoms with E-state index in [2.05, 4.69) is 22.9 Å². The summed E-state index contributed by atoms with van der Waals surface area (Å²) in [5.41, 5.74) is -1.01. The molecule has 1 heterocycles. The van der Waals surface area contributed by atoms with Crippen LogP contribution < -0.4 is 16.0 Å². The predicted octanol–water partition coefficient (Wildman–Crippen LogP) is 0.797. The van der Waals surface area contributed by atoms with Crippen molar-refractivity contribution in [2.75, 3.05) is 20.1 Å². The lowest BCUT2D eigenvalue weighted by Crippen LogP contribution is -2.55. The van der Waals surface area contributed by atoms with E-state index in [-0.39, 0.29) is 11.8 Å². The number of carbonyl (C=O) groups excluding carboxylic acids is 2. The Morgan fingerprint density at radius 2 is 2.05 bits per heavy atom. The first-order valence-electron chi connectivity index (χ1n) is 7.13. The molecule has 0 aromatic rings. The van der Waals surface area contributed by atoms with Gasteiger partial charge in [-0.1, -0.05) is 13.3 Å². The first-order chi connectivity index (χ1) is 8.88. The van der Waals surface area contributed by atoms with E-state index in [1.807, 2.05) is 13.8 Å². The Kier molecular flexibility index (Phi) is 5.35. The van der Waals surface area contributed by atoms with Gasteiger partial charge in [-0.25, -0.2) is 0 Å². The van der Waals surface area contributed by atoms with Crippen LogP contribution in [-0.4, -0.2) is 37.5 Å². The quantitative estimate of drug-likeness (QED) is 0.668. The van der Waals surface area contributed by atoms with Gasteiger partial charge in [0, 0.05) is 13.6 Å². The van der Waals surface area contributed by atoms with E-state index >= 15 is 0 Å². The lowest BCUT2D eigenvalue weighted by molar-refractivity contribution is -0.131. The van der Waals surface area contributed by atoms with Crippen molar-refractivity contribution in [1.29, 1.82) is 0 Å². The molecule has 0 bridgehead atoms. The van der Waals surface area contributed by atoms with E-state index in [0.717, 1.165) is 32.2 Å². The maximum absolute atomic E-state index is 12.4. The van der Waals surface area contributed by atoms with E-state index in [0.29, 0.717) is 6.54 Å². The van der Waals surface area contributed by atoms with E-state index < -0.39 is 11.0 Å². The average molecular weight is 269 g/mol. The highest BCUT2D eigenvalue weighted by atomic mass is 16.2. The molecule has 0 aromatic carbocycles. The molecular weight excluding hydrogens is 242 g/mol. The molecule has 0 aliphatic carbocycles. The molecule has 0 spiro atoms. The second-order valence-corrected chi connectivity index (χ2v) is 6.01. The van der Waals surface area contributed by atoms with Crippen molar-refractivity contribution in [3.63, 3.8) is 0 Å². The van der Waals surface area contributed by atoms with Gasteiger partial charge in [0.15, 0.2) is 0 Å². The van der Waals surface area contributed by atoms with Crippen LogP contribution in [0.25, 0.3) is 0 Å². The van der Waals surface area contributed by atoms with Crippen LogP contribution in [0.5, 0.6) is 0 Å². The predicted molar refractivity (Wildman–Crippen MR) is 75.7 cm³/mol. The van der Waals surface area contributed by atoms with E-state index in [1.165, 1.54) is 0 Å². The largest absolute Gasteiger partial charge is 0.359 e. The summed E-state index contributed by atoms with van der Waals surface area (Å²) in [6.45, 7) is 7.01. The van der Waals surface area contributed by atoms with E-state index in [1.54, 1.807) is 7.05 Å². The molecule has 1 aliphatic rings. The molecule has 5 nitrogen and oxygen atoms in total. The lowest BCUT2D eigenvalue weighted by atomic mass is 9.88. The average Bonchev–Trinajstić information content (AvgIpc) is 2.85. The summed E-state index contributed by atoms with van der Waals surface area (Å²) >= 11 is 0. The summed E-state index contributed by atoms with van der Waals surface area (Å²) in [4.78, 5) is 24.1. The van der Waals surface area contributed by atoms with Crippen molar-refractivity contribution in [2.24, 2.45) is 5.41 Å². The highest BCUT2D eigenvalue weighted by molar-refractivity contribution is 5.88. The highest BCUT2D eigenvalue weighted by Crippen LogP contribution is 2.25. The maximum atomic E-state index is 12.4. The minimum Gasteiger partial charge on any atom is -0.359 e. The fourth-order valence-corrected chi connectivity index (χ4v) is 2.64. The Hall–Kier alpha value is -1.10. The zero-order chi connectivity index (χ0) is 14.5. The molecule has 0 aromatic heterocycles. The van der Waals surface area contributed by atoms with Gasteiger partial charge in [0.2, 0.25) is 11.8 Å². The number of nitrogens with one attached hydrogen (secondary N) is 3. The van der Waals surface area contributed by atoms with Gasteiger partial charge < -0.3 is 16.0 Å². The van der Waals surface area contributed by atoms with Crippen LogP contribution in [0.15, 0.2) is 0 Å². The molecule has 1 aliphatic heterocycles. The van der Waals surface area contributed by atoms with Crippen molar-refractivity contribution in [1.82, 2.24) is 16.0 Å². The number of hydrogen-bond donors (Lipinski definition) is 3. The third-order valence-corrected chi connectivity index (χ3v) is 3.89. The summed E-state index contributed by atoms with van der Waals surface area (Å²) in [6.07, 6.45) is 3.73. The molecule has 1 fully saturated rings. The Morgan fingerprint density at radius 1 is 1.37 bits per heavy atom. The Labute approximate surface area is 115 Å². The Bertz CT molecular complexity index is 334. The lowest BCUT2D eigenvalue weighted by Gasteiger charge is -2.30. The third-order valence-electron chi connectivity index (χ3n) is 3.89. The molecular formula is C14H27N3O2. The first-order valence-corrected chi connectivity index (χ1v) is 7.13. The van der Waals surface area contributed by atoms with Crippen LogP contribution >= 0.6 is 0 Å². The van der Waals surface area contributed by atoms with Gasteiger partial charge in [0.25, 0.3) is 0 Å². The van der Waals surface area contributed by atoms with Gasteiger partial charge in [-0.2, -0.15) is 0 Å². The fraction of sp³-hybridized carbons (Fsp3) is 0.857. The van der Waals surface area contributed by atoms with Crippen LogP contribution in [0.2, 0.25) is 0 Å². The van der Waals surface area contributed by atoms with Crippen molar-refractivity contribution < 1.29 is 9.59 Å². The maximum Gasteiger partial charge on any atom is 0.240 e. The Morgan fingerprint density at radius 3 is 2.53 bits per heavy atom. The third kappa shape index (κ3) is 3.69. The Balaban J connectivity index is 2.61. The van der Waals surface area contributed by atoms with Crippen molar-refractivity contribution in [2.45, 2.75) is 52.0 Å². The SMILES string of the molecule is CCCC1(C(=O)NCC(C)(C)C(=O)NC)CCCN1. The van der Waals surface area contributed by atoms with Gasteiger partial charge in [-0.3, -0.25) is 9.59 Å². The molecule has 1 saturated heterocycles. The normalized spacial score (nSPS) is 23.2. The first kappa shape index (κ1) is 16.0. The standard InChI is InChI=1S/C14H27N3O2/c1-5-7-14(8-6-9-17-14)12(19)16-10-13(2,3)11(18)15-4/h17H,5-10H2,1-4H3,(H,15,18)(H,16,19). The van der Waals surface area contributed by atoms with Crippen LogP contribution in [0.1, 0.15) is 46.5 Å². The second-order valence-electron chi connectivity index (χ2n) is 6.01. The van der Waals surface area contributed by atoms with Crippen molar-refractivity contribution in [3.8, 4) is 0 Å². The molecule has 110 valence electrons. The van der Waals surface area contributed by atoms with Gasteiger partial charge in [0.1, 0.15) is 0 Å². The van der Waals surface area contributed by atoms with Gasteiger partial charge >= 0.3 is 0 Å². The van der Waals surface area contributed by atoms with Crippen LogP contribution in [0.3, 0.4) is 0 Å². The zero-order valence-electron chi connectivity index (χ0n) is 12.6. The van der Waals surface area contributed by atoms with Gasteiger partial charge in [-0.15, -0.1) is 0 Å². The monoisotopic (exact) mass is 269 g/mol. The summed E-state index contributed by atoms with van der Waals surface area (Å²) < 4.78 is 0. The number of rotatable bonds is 6. The molecule has 2 amide bonds. The fourth-order valence-electron chi connectivity index (χ4n) is 2.64. The van der Waals surface area contributed by atoms with Crippen LogP contribution in [0.4, 0.5) is 0 Å². The smallest absolute Gasteiger partial charge is 0.240 e. The molecule has 0 saturated carbocycles. The van der Waals surface area contributed by atoms with Gasteiger partial charge in [0.05, 0.1) is 11.0 Å². The molecule has 1 atom stereocenters. The van der Waals surface area contributed by atoms with Crippen LogP contribution in [-0.2, 0) is 9.59 Å². The molecule has 19 heavy (non-hydrogen) atoms. The minimum atomic E-state index is -0.587. The molecule has 0 radical (unpaired) electrons. The highest BCUT2D eigenvalue weighted by Gasteiger charge is 2.40. The molecule has 1 unspecified atom stereocenters. The van der Waals surface area contributed by atoms with Crippen LogP contribution in [0, 0.1) is 5.41 Å². The summed E-state index contributed by atoms with van der Waals surface area (Å²) in [6, 6.07) is 0. The zero-order valence-corrected chi connectivity index (χ0v) is 12.6. The van der Waals surface area contributed by atoms with E-state index in [9.17, 15) is 9.59 Å². The summed E-state index contributed by atoms with van der Waals surface area (Å²) in [5.74, 6) is -0.0273. The summed E-state index contributed by atoms with van der Waals surface area (Å²) in [7, 11) is 1.61. The van der Waals surface area contributed by atoms with Crippen molar-refractivity contribution >= 4 is 11.8 Å². The minimum absolute atomic E-state index is 0.0313. The number of carbonyl (C=O) groups is 2. The molecule has 3 N–H and O–H groups in total. The second kappa shape index (κ2) is 6.37. The van der Waals surface area contributed by atoms with E-state index in [4.69, 9.17) is 0 Å².